The molecule has 0 radical (unpaired) electrons. The van der Waals surface area contributed by atoms with Gasteiger partial charge in [0.25, 0.3) is 0 Å². The zero-order chi connectivity index (χ0) is 14.3. The van der Waals surface area contributed by atoms with Crippen molar-refractivity contribution in [2.24, 2.45) is 7.05 Å². The van der Waals surface area contributed by atoms with Crippen molar-refractivity contribution >= 4 is 5.82 Å². The fourth-order valence-corrected chi connectivity index (χ4v) is 2.59. The van der Waals surface area contributed by atoms with Gasteiger partial charge in [0.15, 0.2) is 0 Å². The van der Waals surface area contributed by atoms with E-state index in [2.05, 4.69) is 41.9 Å². The number of hydrogen-bond donors (Lipinski definition) is 1. The molecule has 0 aliphatic heterocycles. The molecule has 0 saturated heterocycles. The number of nitrogens with one attached hydrogen (secondary N) is 1. The summed E-state index contributed by atoms with van der Waals surface area (Å²) in [5.74, 6) is 1.78. The molecule has 5 heteroatoms. The van der Waals surface area contributed by atoms with Crippen LogP contribution in [0.3, 0.4) is 0 Å². The van der Waals surface area contributed by atoms with E-state index in [9.17, 15) is 0 Å². The van der Waals surface area contributed by atoms with Crippen molar-refractivity contribution in [2.75, 3.05) is 5.32 Å². The summed E-state index contributed by atoms with van der Waals surface area (Å²) in [6, 6.07) is 2.66. The van der Waals surface area contributed by atoms with Crippen molar-refractivity contribution in [1.82, 2.24) is 19.6 Å². The molecule has 20 heavy (non-hydrogen) atoms. The first-order chi connectivity index (χ1) is 9.56. The van der Waals surface area contributed by atoms with Crippen LogP contribution in [0.25, 0.3) is 0 Å². The maximum Gasteiger partial charge on any atom is 0.127 e. The molecule has 1 aliphatic rings. The van der Waals surface area contributed by atoms with Crippen molar-refractivity contribution in [3.05, 3.63) is 29.2 Å². The first-order valence-corrected chi connectivity index (χ1v) is 7.37. The molecule has 0 unspecified atom stereocenters. The van der Waals surface area contributed by atoms with Crippen LogP contribution < -0.4 is 5.32 Å². The Morgan fingerprint density at radius 3 is 2.70 bits per heavy atom. The van der Waals surface area contributed by atoms with E-state index in [0.29, 0.717) is 12.0 Å². The monoisotopic (exact) mass is 273 g/mol. The zero-order valence-electron chi connectivity index (χ0n) is 12.7. The average molecular weight is 273 g/mol. The van der Waals surface area contributed by atoms with Gasteiger partial charge in [0.1, 0.15) is 5.82 Å². The molecule has 0 aromatic carbocycles. The van der Waals surface area contributed by atoms with Gasteiger partial charge in [-0.3, -0.25) is 9.36 Å². The van der Waals surface area contributed by atoms with E-state index >= 15 is 0 Å². The Balaban J connectivity index is 1.79. The predicted octanol–water partition coefficient (Wildman–Crippen LogP) is 3.00. The van der Waals surface area contributed by atoms with Gasteiger partial charge in [-0.1, -0.05) is 0 Å². The molecule has 5 nitrogen and oxygen atoms in total. The van der Waals surface area contributed by atoms with Crippen LogP contribution in [-0.2, 0) is 13.6 Å². The summed E-state index contributed by atoms with van der Waals surface area (Å²) in [6.07, 6.45) is 4.48. The lowest BCUT2D eigenvalue weighted by Crippen LogP contribution is -2.12. The average Bonchev–Trinajstić information content (AvgIpc) is 3.09. The van der Waals surface area contributed by atoms with Crippen LogP contribution in [0.1, 0.15) is 55.6 Å². The van der Waals surface area contributed by atoms with E-state index in [0.717, 1.165) is 12.4 Å². The summed E-state index contributed by atoms with van der Waals surface area (Å²) in [5.41, 5.74) is 3.69. The molecule has 0 atom stereocenters. The van der Waals surface area contributed by atoms with Gasteiger partial charge >= 0.3 is 0 Å². The largest absolute Gasteiger partial charge is 0.364 e. The highest BCUT2D eigenvalue weighted by molar-refractivity contribution is 5.43. The maximum absolute atomic E-state index is 4.77. The Kier molecular flexibility index (Phi) is 3.28. The first kappa shape index (κ1) is 13.2. The maximum atomic E-state index is 4.77. The Labute approximate surface area is 120 Å². The summed E-state index contributed by atoms with van der Waals surface area (Å²) in [6.45, 7) is 7.23. The summed E-state index contributed by atoms with van der Waals surface area (Å²) in [5, 5.41) is 12.5. The van der Waals surface area contributed by atoms with Crippen LogP contribution >= 0.6 is 0 Å². The minimum Gasteiger partial charge on any atom is -0.364 e. The highest BCUT2D eigenvalue weighted by Crippen LogP contribution is 2.39. The second-order valence-corrected chi connectivity index (χ2v) is 6.03. The number of aryl methyl sites for hydroxylation is 2. The van der Waals surface area contributed by atoms with Crippen molar-refractivity contribution in [1.29, 1.82) is 0 Å². The van der Waals surface area contributed by atoms with Crippen molar-refractivity contribution in [3.8, 4) is 0 Å². The molecule has 1 N–H and O–H groups in total. The smallest absolute Gasteiger partial charge is 0.127 e. The molecule has 2 aromatic rings. The van der Waals surface area contributed by atoms with Gasteiger partial charge in [-0.25, -0.2) is 0 Å². The molecule has 1 saturated carbocycles. The SMILES string of the molecule is Cc1cnn(C)c1NCc1cc(C2CC2)nn1C(C)C. The van der Waals surface area contributed by atoms with Crippen molar-refractivity contribution in [2.45, 2.75) is 52.1 Å². The van der Waals surface area contributed by atoms with Gasteiger partial charge in [-0.05, 0) is 39.7 Å². The molecule has 108 valence electrons. The van der Waals surface area contributed by atoms with Crippen LogP contribution in [0.4, 0.5) is 5.82 Å². The molecule has 3 rings (SSSR count). The number of rotatable bonds is 5. The Morgan fingerprint density at radius 1 is 1.40 bits per heavy atom. The highest BCUT2D eigenvalue weighted by atomic mass is 15.3. The fraction of sp³-hybridized carbons (Fsp3) is 0.600. The van der Waals surface area contributed by atoms with Crippen LogP contribution in [0, 0.1) is 6.92 Å². The van der Waals surface area contributed by atoms with Gasteiger partial charge in [0.2, 0.25) is 0 Å². The third-order valence-electron chi connectivity index (χ3n) is 3.88. The molecule has 0 spiro atoms. The van der Waals surface area contributed by atoms with E-state index in [-0.39, 0.29) is 0 Å². The van der Waals surface area contributed by atoms with Crippen LogP contribution in [-0.4, -0.2) is 19.6 Å². The lowest BCUT2D eigenvalue weighted by Gasteiger charge is -2.12. The van der Waals surface area contributed by atoms with E-state index in [4.69, 9.17) is 5.10 Å². The quantitative estimate of drug-likeness (QED) is 0.911. The summed E-state index contributed by atoms with van der Waals surface area (Å²) in [4.78, 5) is 0. The van der Waals surface area contributed by atoms with Gasteiger partial charge < -0.3 is 5.32 Å². The molecule has 2 aromatic heterocycles. The van der Waals surface area contributed by atoms with Gasteiger partial charge in [-0.2, -0.15) is 10.2 Å². The van der Waals surface area contributed by atoms with Crippen LogP contribution in [0.5, 0.6) is 0 Å². The van der Waals surface area contributed by atoms with Gasteiger partial charge in [-0.15, -0.1) is 0 Å². The fourth-order valence-electron chi connectivity index (χ4n) is 2.59. The summed E-state index contributed by atoms with van der Waals surface area (Å²) >= 11 is 0. The Bertz CT molecular complexity index is 584. The second-order valence-electron chi connectivity index (χ2n) is 6.03. The Morgan fingerprint density at radius 2 is 2.15 bits per heavy atom. The minimum absolute atomic E-state index is 0.395. The first-order valence-electron chi connectivity index (χ1n) is 7.37. The summed E-state index contributed by atoms with van der Waals surface area (Å²) < 4.78 is 4.03. The Hall–Kier alpha value is -1.78. The third-order valence-corrected chi connectivity index (χ3v) is 3.88. The van der Waals surface area contributed by atoms with Crippen molar-refractivity contribution in [3.63, 3.8) is 0 Å². The highest BCUT2D eigenvalue weighted by Gasteiger charge is 2.27. The van der Waals surface area contributed by atoms with Gasteiger partial charge in [0, 0.05) is 24.6 Å². The minimum atomic E-state index is 0.395. The molecular formula is C15H23N5. The second kappa shape index (κ2) is 4.96. The molecule has 0 bridgehead atoms. The van der Waals surface area contributed by atoms with E-state index in [1.807, 2.05) is 17.9 Å². The number of nitrogens with zero attached hydrogens (tertiary/aromatic N) is 4. The van der Waals surface area contributed by atoms with Crippen molar-refractivity contribution < 1.29 is 0 Å². The third kappa shape index (κ3) is 2.44. The lowest BCUT2D eigenvalue weighted by molar-refractivity contribution is 0.507. The number of anilines is 1. The van der Waals surface area contributed by atoms with E-state index in [1.54, 1.807) is 0 Å². The molecule has 2 heterocycles. The summed E-state index contributed by atoms with van der Waals surface area (Å²) in [7, 11) is 1.96. The van der Waals surface area contributed by atoms with Crippen LogP contribution in [0.2, 0.25) is 0 Å². The molecule has 1 aliphatic carbocycles. The number of hydrogen-bond acceptors (Lipinski definition) is 3. The molecular weight excluding hydrogens is 250 g/mol. The van der Waals surface area contributed by atoms with Gasteiger partial charge in [0.05, 0.1) is 24.1 Å². The molecule has 0 amide bonds. The topological polar surface area (TPSA) is 47.7 Å². The molecule has 1 fully saturated rings. The zero-order valence-corrected chi connectivity index (χ0v) is 12.7. The van der Waals surface area contributed by atoms with E-state index < -0.39 is 0 Å². The van der Waals surface area contributed by atoms with E-state index in [1.165, 1.54) is 29.8 Å². The normalized spacial score (nSPS) is 15.1. The standard InChI is InChI=1S/C15H23N5/c1-10(2)20-13(7-14(18-20)12-5-6-12)9-16-15-11(3)8-17-19(15)4/h7-8,10,12,16H,5-6,9H2,1-4H3. The predicted molar refractivity (Wildman–Crippen MR) is 79.9 cm³/mol. The lowest BCUT2D eigenvalue weighted by atomic mass is 10.2. The number of aromatic nitrogens is 4. The van der Waals surface area contributed by atoms with Crippen LogP contribution in [0.15, 0.2) is 12.3 Å².